The number of hydrogen-bond donors (Lipinski definition) is 1. The first-order valence-corrected chi connectivity index (χ1v) is 5.48. The zero-order valence-corrected chi connectivity index (χ0v) is 9.50. The number of rotatable bonds is 2. The van der Waals surface area contributed by atoms with Crippen LogP contribution in [-0.4, -0.2) is 30.6 Å². The van der Waals surface area contributed by atoms with Crippen LogP contribution >= 0.6 is 0 Å². The lowest BCUT2D eigenvalue weighted by Crippen LogP contribution is -2.24. The van der Waals surface area contributed by atoms with Gasteiger partial charge in [-0.2, -0.15) is 0 Å². The molecule has 0 aliphatic carbocycles. The zero-order valence-electron chi connectivity index (χ0n) is 9.50. The molecule has 2 unspecified atom stereocenters. The summed E-state index contributed by atoms with van der Waals surface area (Å²) in [6.07, 6.45) is 1.02. The summed E-state index contributed by atoms with van der Waals surface area (Å²) in [5.74, 6) is -1.60. The van der Waals surface area contributed by atoms with Crippen molar-refractivity contribution in [2.45, 2.75) is 25.4 Å². The van der Waals surface area contributed by atoms with Gasteiger partial charge in [-0.3, -0.25) is 0 Å². The maximum atomic E-state index is 13.0. The standard InChI is InChI=1S/C12H16F2N2/c1-8-5-10(7-16(8)2)15-9-3-4-11(13)12(14)6-9/h3-4,6,8,10,15H,5,7H2,1-2H3. The highest BCUT2D eigenvalue weighted by atomic mass is 19.2. The molecule has 0 aromatic heterocycles. The van der Waals surface area contributed by atoms with Gasteiger partial charge in [0.1, 0.15) is 0 Å². The highest BCUT2D eigenvalue weighted by molar-refractivity contribution is 5.44. The van der Waals surface area contributed by atoms with Crippen LogP contribution in [0, 0.1) is 11.6 Å². The van der Waals surface area contributed by atoms with Gasteiger partial charge in [0, 0.05) is 30.4 Å². The smallest absolute Gasteiger partial charge is 0.160 e. The van der Waals surface area contributed by atoms with Gasteiger partial charge in [-0.15, -0.1) is 0 Å². The van der Waals surface area contributed by atoms with Gasteiger partial charge in [0.05, 0.1) is 0 Å². The fraction of sp³-hybridized carbons (Fsp3) is 0.500. The van der Waals surface area contributed by atoms with Crippen LogP contribution in [0.1, 0.15) is 13.3 Å². The molecule has 2 rings (SSSR count). The lowest BCUT2D eigenvalue weighted by atomic mass is 10.2. The average molecular weight is 226 g/mol. The summed E-state index contributed by atoms with van der Waals surface area (Å²) in [6, 6.07) is 4.77. The molecule has 1 aliphatic rings. The van der Waals surface area contributed by atoms with Crippen LogP contribution in [0.25, 0.3) is 0 Å². The predicted octanol–water partition coefficient (Wildman–Crippen LogP) is 2.47. The fourth-order valence-corrected chi connectivity index (χ4v) is 2.12. The van der Waals surface area contributed by atoms with Crippen LogP contribution in [0.5, 0.6) is 0 Å². The van der Waals surface area contributed by atoms with Gasteiger partial charge in [0.15, 0.2) is 11.6 Å². The molecule has 0 bridgehead atoms. The first-order chi connectivity index (χ1) is 7.56. The van der Waals surface area contributed by atoms with Crippen molar-refractivity contribution in [1.29, 1.82) is 0 Å². The van der Waals surface area contributed by atoms with E-state index in [4.69, 9.17) is 0 Å². The minimum atomic E-state index is -0.803. The third-order valence-corrected chi connectivity index (χ3v) is 3.18. The number of benzene rings is 1. The number of halogens is 2. The molecule has 2 nitrogen and oxygen atoms in total. The van der Waals surface area contributed by atoms with Crippen LogP contribution in [0.2, 0.25) is 0 Å². The molecular formula is C12H16F2N2. The van der Waals surface area contributed by atoms with E-state index >= 15 is 0 Å². The molecule has 16 heavy (non-hydrogen) atoms. The molecule has 2 atom stereocenters. The van der Waals surface area contributed by atoms with E-state index in [1.54, 1.807) is 6.07 Å². The van der Waals surface area contributed by atoms with Gasteiger partial charge in [0.25, 0.3) is 0 Å². The van der Waals surface area contributed by atoms with Crippen molar-refractivity contribution in [3.63, 3.8) is 0 Å². The Kier molecular flexibility index (Phi) is 3.10. The minimum Gasteiger partial charge on any atom is -0.381 e. The Morgan fingerprint density at radius 3 is 2.62 bits per heavy atom. The molecule has 1 aromatic rings. The lowest BCUT2D eigenvalue weighted by Gasteiger charge is -2.14. The largest absolute Gasteiger partial charge is 0.381 e. The summed E-state index contributed by atoms with van der Waals surface area (Å²) < 4.78 is 25.7. The molecule has 1 fully saturated rings. The lowest BCUT2D eigenvalue weighted by molar-refractivity contribution is 0.330. The summed E-state index contributed by atoms with van der Waals surface area (Å²) in [7, 11) is 2.07. The Labute approximate surface area is 94.3 Å². The molecule has 1 N–H and O–H groups in total. The Balaban J connectivity index is 2.02. The maximum absolute atomic E-state index is 13.0. The maximum Gasteiger partial charge on any atom is 0.160 e. The molecule has 0 spiro atoms. The number of nitrogens with zero attached hydrogens (tertiary/aromatic N) is 1. The Hall–Kier alpha value is -1.16. The van der Waals surface area contributed by atoms with E-state index in [2.05, 4.69) is 24.2 Å². The van der Waals surface area contributed by atoms with Crippen LogP contribution in [0.15, 0.2) is 18.2 Å². The predicted molar refractivity (Wildman–Crippen MR) is 60.5 cm³/mol. The van der Waals surface area contributed by atoms with Crippen molar-refractivity contribution in [3.05, 3.63) is 29.8 Å². The van der Waals surface area contributed by atoms with Crippen LogP contribution in [-0.2, 0) is 0 Å². The van der Waals surface area contributed by atoms with Crippen molar-refractivity contribution < 1.29 is 8.78 Å². The number of likely N-dealkylation sites (tertiary alicyclic amines) is 1. The summed E-state index contributed by atoms with van der Waals surface area (Å²) in [4.78, 5) is 2.25. The molecule has 1 saturated heterocycles. The van der Waals surface area contributed by atoms with Gasteiger partial charge in [-0.05, 0) is 32.5 Å². The quantitative estimate of drug-likeness (QED) is 0.833. The zero-order chi connectivity index (χ0) is 11.7. The van der Waals surface area contributed by atoms with E-state index in [1.807, 2.05) is 0 Å². The van der Waals surface area contributed by atoms with Gasteiger partial charge in [-0.25, -0.2) is 8.78 Å². The molecule has 0 amide bonds. The molecule has 4 heteroatoms. The molecular weight excluding hydrogens is 210 g/mol. The number of likely N-dealkylation sites (N-methyl/N-ethyl adjacent to an activating group) is 1. The Morgan fingerprint density at radius 1 is 1.31 bits per heavy atom. The van der Waals surface area contributed by atoms with E-state index in [1.165, 1.54) is 6.07 Å². The second-order valence-corrected chi connectivity index (χ2v) is 4.49. The van der Waals surface area contributed by atoms with Gasteiger partial charge >= 0.3 is 0 Å². The van der Waals surface area contributed by atoms with E-state index in [-0.39, 0.29) is 0 Å². The van der Waals surface area contributed by atoms with Crippen molar-refractivity contribution >= 4 is 5.69 Å². The SMILES string of the molecule is CC1CC(Nc2ccc(F)c(F)c2)CN1C. The average Bonchev–Trinajstić information content (AvgIpc) is 2.52. The third-order valence-electron chi connectivity index (χ3n) is 3.18. The second-order valence-electron chi connectivity index (χ2n) is 4.49. The van der Waals surface area contributed by atoms with E-state index < -0.39 is 11.6 Å². The third kappa shape index (κ3) is 2.32. The Morgan fingerprint density at radius 2 is 2.06 bits per heavy atom. The summed E-state index contributed by atoms with van der Waals surface area (Å²) >= 11 is 0. The first kappa shape index (κ1) is 11.3. The minimum absolute atomic E-state index is 0.310. The van der Waals surface area contributed by atoms with Crippen LogP contribution in [0.4, 0.5) is 14.5 Å². The number of hydrogen-bond acceptors (Lipinski definition) is 2. The number of anilines is 1. The normalized spacial score (nSPS) is 26.0. The van der Waals surface area contributed by atoms with Crippen molar-refractivity contribution in [2.24, 2.45) is 0 Å². The molecule has 1 aliphatic heterocycles. The van der Waals surface area contributed by atoms with Crippen LogP contribution in [0.3, 0.4) is 0 Å². The van der Waals surface area contributed by atoms with Gasteiger partial charge < -0.3 is 10.2 Å². The molecule has 1 aromatic carbocycles. The summed E-state index contributed by atoms with van der Waals surface area (Å²) in [5, 5.41) is 3.22. The van der Waals surface area contributed by atoms with E-state index in [0.717, 1.165) is 19.0 Å². The van der Waals surface area contributed by atoms with Crippen molar-refractivity contribution in [3.8, 4) is 0 Å². The van der Waals surface area contributed by atoms with E-state index in [0.29, 0.717) is 17.8 Å². The van der Waals surface area contributed by atoms with Crippen molar-refractivity contribution in [1.82, 2.24) is 4.90 Å². The first-order valence-electron chi connectivity index (χ1n) is 5.48. The van der Waals surface area contributed by atoms with Crippen LogP contribution < -0.4 is 5.32 Å². The molecule has 1 heterocycles. The van der Waals surface area contributed by atoms with Gasteiger partial charge in [0.2, 0.25) is 0 Å². The second kappa shape index (κ2) is 4.37. The molecule has 88 valence electrons. The molecule has 0 saturated carbocycles. The molecule has 0 radical (unpaired) electrons. The summed E-state index contributed by atoms with van der Waals surface area (Å²) in [5.41, 5.74) is 0.645. The topological polar surface area (TPSA) is 15.3 Å². The van der Waals surface area contributed by atoms with E-state index in [9.17, 15) is 8.78 Å². The fourth-order valence-electron chi connectivity index (χ4n) is 2.12. The highest BCUT2D eigenvalue weighted by Gasteiger charge is 2.25. The van der Waals surface area contributed by atoms with Crippen molar-refractivity contribution in [2.75, 3.05) is 18.9 Å². The van der Waals surface area contributed by atoms with Gasteiger partial charge in [-0.1, -0.05) is 0 Å². The Bertz CT molecular complexity index is 371. The number of nitrogens with one attached hydrogen (secondary N) is 1. The monoisotopic (exact) mass is 226 g/mol. The highest BCUT2D eigenvalue weighted by Crippen LogP contribution is 2.20. The summed E-state index contributed by atoms with van der Waals surface area (Å²) in [6.45, 7) is 3.09.